The Bertz CT molecular complexity index is 508. The molecule has 1 fully saturated rings. The lowest BCUT2D eigenvalue weighted by atomic mass is 9.94. The van der Waals surface area contributed by atoms with Crippen LogP contribution in [-0.4, -0.2) is 17.8 Å². The van der Waals surface area contributed by atoms with Crippen LogP contribution < -0.4 is 4.74 Å². The first-order valence-corrected chi connectivity index (χ1v) is 8.12. The van der Waals surface area contributed by atoms with Gasteiger partial charge in [0, 0.05) is 17.7 Å². The third-order valence-electron chi connectivity index (χ3n) is 3.16. The number of nitriles is 1. The van der Waals surface area contributed by atoms with Gasteiger partial charge in [-0.05, 0) is 47.0 Å². The third kappa shape index (κ3) is 4.35. The van der Waals surface area contributed by atoms with E-state index < -0.39 is 5.92 Å². The highest BCUT2D eigenvalue weighted by Crippen LogP contribution is 2.37. The molecule has 0 radical (unpaired) electrons. The molecule has 0 spiro atoms. The van der Waals surface area contributed by atoms with E-state index in [9.17, 15) is 8.78 Å². The number of nitrogens with zero attached hydrogens (tertiary/aromatic N) is 1. The van der Waals surface area contributed by atoms with E-state index in [4.69, 9.17) is 10.00 Å². The molecule has 2 rings (SSSR count). The standard InChI is InChI=1S/C14H14BrF2NOS/c15-12-9-11(20-8-7-18)1-2-13(12)19-10-3-5-14(16,17)6-4-10/h1-2,9-10H,3-6,8H2. The normalized spacial score (nSPS) is 18.5. The van der Waals surface area contributed by atoms with Crippen molar-refractivity contribution >= 4 is 27.7 Å². The van der Waals surface area contributed by atoms with Crippen molar-refractivity contribution in [2.24, 2.45) is 0 Å². The van der Waals surface area contributed by atoms with Crippen LogP contribution in [0.25, 0.3) is 0 Å². The molecule has 1 aromatic carbocycles. The first-order chi connectivity index (χ1) is 9.50. The molecule has 0 amide bonds. The van der Waals surface area contributed by atoms with Gasteiger partial charge in [-0.15, -0.1) is 11.8 Å². The van der Waals surface area contributed by atoms with E-state index in [0.717, 1.165) is 9.37 Å². The molecule has 0 heterocycles. The van der Waals surface area contributed by atoms with Gasteiger partial charge in [0.2, 0.25) is 5.92 Å². The number of rotatable bonds is 4. The van der Waals surface area contributed by atoms with Crippen molar-refractivity contribution in [1.82, 2.24) is 0 Å². The highest BCUT2D eigenvalue weighted by molar-refractivity contribution is 9.10. The molecule has 6 heteroatoms. The molecule has 1 aromatic rings. The maximum atomic E-state index is 13.1. The smallest absolute Gasteiger partial charge is 0.248 e. The number of halogens is 3. The van der Waals surface area contributed by atoms with Crippen LogP contribution in [0.15, 0.2) is 27.6 Å². The third-order valence-corrected chi connectivity index (χ3v) is 4.64. The van der Waals surface area contributed by atoms with Crippen molar-refractivity contribution in [3.8, 4) is 11.8 Å². The van der Waals surface area contributed by atoms with Crippen molar-refractivity contribution in [3.63, 3.8) is 0 Å². The fourth-order valence-corrected chi connectivity index (χ4v) is 3.31. The summed E-state index contributed by atoms with van der Waals surface area (Å²) in [6.45, 7) is 0. The lowest BCUT2D eigenvalue weighted by Crippen LogP contribution is -2.30. The monoisotopic (exact) mass is 361 g/mol. The molecule has 0 N–H and O–H groups in total. The molecular weight excluding hydrogens is 348 g/mol. The maximum Gasteiger partial charge on any atom is 0.248 e. The quantitative estimate of drug-likeness (QED) is 0.705. The summed E-state index contributed by atoms with van der Waals surface area (Å²) in [5.41, 5.74) is 0. The van der Waals surface area contributed by atoms with E-state index in [1.807, 2.05) is 18.2 Å². The maximum absolute atomic E-state index is 13.1. The summed E-state index contributed by atoms with van der Waals surface area (Å²) in [6, 6.07) is 7.64. The Kier molecular flexibility index (Phi) is 5.28. The minimum absolute atomic E-state index is 0.106. The van der Waals surface area contributed by atoms with E-state index in [-0.39, 0.29) is 18.9 Å². The Labute approximate surface area is 129 Å². The zero-order valence-corrected chi connectivity index (χ0v) is 13.1. The molecule has 0 aliphatic heterocycles. The number of hydrogen-bond donors (Lipinski definition) is 0. The van der Waals surface area contributed by atoms with E-state index in [0.29, 0.717) is 24.3 Å². The SMILES string of the molecule is N#CCSc1ccc(OC2CCC(F)(F)CC2)c(Br)c1. The number of ether oxygens (including phenoxy) is 1. The van der Waals surface area contributed by atoms with Gasteiger partial charge >= 0.3 is 0 Å². The fourth-order valence-electron chi connectivity index (χ4n) is 2.09. The minimum Gasteiger partial charge on any atom is -0.489 e. The van der Waals surface area contributed by atoms with Crippen LogP contribution in [-0.2, 0) is 0 Å². The minimum atomic E-state index is -2.53. The molecule has 0 unspecified atom stereocenters. The Morgan fingerprint density at radius 3 is 2.70 bits per heavy atom. The summed E-state index contributed by atoms with van der Waals surface area (Å²) in [7, 11) is 0. The van der Waals surface area contributed by atoms with Gasteiger partial charge in [0.25, 0.3) is 0 Å². The molecule has 1 aliphatic carbocycles. The van der Waals surface area contributed by atoms with E-state index in [1.54, 1.807) is 0 Å². The Morgan fingerprint density at radius 1 is 1.40 bits per heavy atom. The van der Waals surface area contributed by atoms with Crippen molar-refractivity contribution in [3.05, 3.63) is 22.7 Å². The van der Waals surface area contributed by atoms with Gasteiger partial charge in [0.1, 0.15) is 5.75 Å². The second-order valence-corrected chi connectivity index (χ2v) is 6.62. The fraction of sp³-hybridized carbons (Fsp3) is 0.500. The van der Waals surface area contributed by atoms with Crippen LogP contribution in [0, 0.1) is 11.3 Å². The zero-order chi connectivity index (χ0) is 14.6. The lowest BCUT2D eigenvalue weighted by Gasteiger charge is -2.29. The molecule has 0 aromatic heterocycles. The molecule has 20 heavy (non-hydrogen) atoms. The van der Waals surface area contributed by atoms with Gasteiger partial charge < -0.3 is 4.74 Å². The average molecular weight is 362 g/mol. The molecule has 1 saturated carbocycles. The highest BCUT2D eigenvalue weighted by Gasteiger charge is 2.35. The van der Waals surface area contributed by atoms with Crippen LogP contribution in [0.1, 0.15) is 25.7 Å². The molecule has 0 bridgehead atoms. The first-order valence-electron chi connectivity index (χ1n) is 6.34. The van der Waals surface area contributed by atoms with Gasteiger partial charge in [-0.25, -0.2) is 8.78 Å². The van der Waals surface area contributed by atoms with Crippen molar-refractivity contribution < 1.29 is 13.5 Å². The van der Waals surface area contributed by atoms with Crippen molar-refractivity contribution in [2.45, 2.75) is 42.6 Å². The van der Waals surface area contributed by atoms with Crippen molar-refractivity contribution in [2.75, 3.05) is 5.75 Å². The molecule has 1 aliphatic rings. The zero-order valence-electron chi connectivity index (χ0n) is 10.7. The number of alkyl halides is 2. The topological polar surface area (TPSA) is 33.0 Å². The molecule has 0 atom stereocenters. The predicted octanol–water partition coefficient (Wildman–Crippen LogP) is 5.02. The van der Waals surface area contributed by atoms with Crippen molar-refractivity contribution in [1.29, 1.82) is 5.26 Å². The number of thioether (sulfide) groups is 1. The summed E-state index contributed by atoms with van der Waals surface area (Å²) in [6.07, 6.45) is 0.398. The second-order valence-electron chi connectivity index (χ2n) is 4.71. The van der Waals surface area contributed by atoms with Crippen LogP contribution >= 0.6 is 27.7 Å². The summed E-state index contributed by atoms with van der Waals surface area (Å²) < 4.78 is 32.7. The van der Waals surface area contributed by atoms with Crippen LogP contribution in [0.2, 0.25) is 0 Å². The highest BCUT2D eigenvalue weighted by atomic mass is 79.9. The van der Waals surface area contributed by atoms with E-state index >= 15 is 0 Å². The number of hydrogen-bond acceptors (Lipinski definition) is 3. The predicted molar refractivity (Wildman–Crippen MR) is 78.3 cm³/mol. The van der Waals surface area contributed by atoms with Gasteiger partial charge in [0.05, 0.1) is 22.4 Å². The molecule has 0 saturated heterocycles. The summed E-state index contributed by atoms with van der Waals surface area (Å²) in [5.74, 6) is -1.47. The first kappa shape index (κ1) is 15.6. The molecule has 108 valence electrons. The second kappa shape index (κ2) is 6.77. The van der Waals surface area contributed by atoms with Gasteiger partial charge in [-0.3, -0.25) is 0 Å². The largest absolute Gasteiger partial charge is 0.489 e. The van der Waals surface area contributed by atoms with Crippen LogP contribution in [0.3, 0.4) is 0 Å². The Morgan fingerprint density at radius 2 is 2.10 bits per heavy atom. The average Bonchev–Trinajstić information content (AvgIpc) is 2.41. The lowest BCUT2D eigenvalue weighted by molar-refractivity contribution is -0.0583. The Hall–Kier alpha value is -0.800. The van der Waals surface area contributed by atoms with Gasteiger partial charge in [-0.2, -0.15) is 5.26 Å². The molecule has 2 nitrogen and oxygen atoms in total. The Balaban J connectivity index is 1.95. The molecular formula is C14H14BrF2NOS. The van der Waals surface area contributed by atoms with Gasteiger partial charge in [0.15, 0.2) is 0 Å². The van der Waals surface area contributed by atoms with Gasteiger partial charge in [-0.1, -0.05) is 0 Å². The summed E-state index contributed by atoms with van der Waals surface area (Å²) in [4.78, 5) is 0.973. The van der Waals surface area contributed by atoms with Crippen LogP contribution in [0.5, 0.6) is 5.75 Å². The summed E-state index contributed by atoms with van der Waals surface area (Å²) >= 11 is 4.86. The summed E-state index contributed by atoms with van der Waals surface area (Å²) in [5, 5.41) is 8.54. The van der Waals surface area contributed by atoms with E-state index in [2.05, 4.69) is 22.0 Å². The van der Waals surface area contributed by atoms with E-state index in [1.165, 1.54) is 11.8 Å². The number of benzene rings is 1. The van der Waals surface area contributed by atoms with Crippen LogP contribution in [0.4, 0.5) is 8.78 Å².